The van der Waals surface area contributed by atoms with Gasteiger partial charge >= 0.3 is 5.97 Å². The zero-order chi connectivity index (χ0) is 14.3. The van der Waals surface area contributed by atoms with Gasteiger partial charge in [-0.1, -0.05) is 12.2 Å². The zero-order valence-corrected chi connectivity index (χ0v) is 11.4. The van der Waals surface area contributed by atoms with Gasteiger partial charge in [0.25, 0.3) is 0 Å². The molecule has 106 valence electrons. The molecule has 0 aliphatic carbocycles. The summed E-state index contributed by atoms with van der Waals surface area (Å²) in [5.41, 5.74) is 0. The average molecular weight is 287 g/mol. The normalized spacial score (nSPS) is 12.1. The van der Waals surface area contributed by atoms with E-state index in [1.165, 1.54) is 17.1 Å². The lowest BCUT2D eigenvalue weighted by Gasteiger charge is -2.02. The van der Waals surface area contributed by atoms with Crippen molar-refractivity contribution in [3.8, 4) is 0 Å². The molecule has 0 spiro atoms. The van der Waals surface area contributed by atoms with Crippen LogP contribution in [0, 0.1) is 0 Å². The van der Waals surface area contributed by atoms with E-state index < -0.39 is 16.0 Å². The van der Waals surface area contributed by atoms with E-state index in [0.717, 1.165) is 0 Å². The van der Waals surface area contributed by atoms with Crippen molar-refractivity contribution < 1.29 is 18.3 Å². The molecule has 1 aromatic rings. The van der Waals surface area contributed by atoms with Gasteiger partial charge in [0, 0.05) is 12.7 Å². The molecule has 7 nitrogen and oxygen atoms in total. The van der Waals surface area contributed by atoms with Gasteiger partial charge in [-0.3, -0.25) is 9.48 Å². The van der Waals surface area contributed by atoms with Crippen LogP contribution in [0.4, 0.5) is 0 Å². The number of allylic oxidation sites excluding steroid dienone is 1. The molecule has 0 atom stereocenters. The van der Waals surface area contributed by atoms with E-state index in [0.29, 0.717) is 13.0 Å². The third kappa shape index (κ3) is 5.23. The Morgan fingerprint density at radius 3 is 2.95 bits per heavy atom. The van der Waals surface area contributed by atoms with Crippen molar-refractivity contribution in [3.63, 3.8) is 0 Å². The van der Waals surface area contributed by atoms with Crippen LogP contribution >= 0.6 is 0 Å². The van der Waals surface area contributed by atoms with Crippen LogP contribution in [0.1, 0.15) is 19.8 Å². The molecule has 1 aromatic heterocycles. The van der Waals surface area contributed by atoms with Gasteiger partial charge in [0.15, 0.2) is 0 Å². The van der Waals surface area contributed by atoms with Crippen molar-refractivity contribution in [2.24, 2.45) is 0 Å². The molecular formula is C11H17N3O4S. The number of sulfonamides is 1. The molecule has 0 saturated carbocycles. The zero-order valence-electron chi connectivity index (χ0n) is 10.6. The molecule has 8 heteroatoms. The number of aryl methyl sites for hydroxylation is 1. The standard InChI is InChI=1S/C11H17N3O4S/c1-2-3-4-6-13-19(17,18)10-8-12-14(9-10)7-5-11(15)16/h2-3,8-9,13H,4-7H2,1H3,(H,15,16)/b3-2+. The molecular weight excluding hydrogens is 270 g/mol. The molecule has 0 radical (unpaired) electrons. The number of carboxylic acid groups (broad SMARTS) is 1. The number of rotatable bonds is 8. The summed E-state index contributed by atoms with van der Waals surface area (Å²) in [7, 11) is -3.57. The van der Waals surface area contributed by atoms with Crippen LogP contribution in [0.15, 0.2) is 29.4 Å². The molecule has 0 aliphatic heterocycles. The number of carbonyl (C=O) groups is 1. The van der Waals surface area contributed by atoms with Crippen molar-refractivity contribution in [2.75, 3.05) is 6.54 Å². The fourth-order valence-electron chi connectivity index (χ4n) is 1.34. The lowest BCUT2D eigenvalue weighted by Crippen LogP contribution is -2.24. The summed E-state index contributed by atoms with van der Waals surface area (Å²) in [5, 5.41) is 12.3. The first-order chi connectivity index (χ1) is 8.95. The minimum absolute atomic E-state index is 0.0402. The lowest BCUT2D eigenvalue weighted by atomic mass is 10.4. The predicted molar refractivity (Wildman–Crippen MR) is 69.1 cm³/mol. The lowest BCUT2D eigenvalue weighted by molar-refractivity contribution is -0.137. The van der Waals surface area contributed by atoms with E-state index in [1.54, 1.807) is 0 Å². The van der Waals surface area contributed by atoms with Gasteiger partial charge in [0.2, 0.25) is 10.0 Å². The second-order valence-corrected chi connectivity index (χ2v) is 5.61. The van der Waals surface area contributed by atoms with E-state index in [9.17, 15) is 13.2 Å². The molecule has 0 bridgehead atoms. The van der Waals surface area contributed by atoms with Gasteiger partial charge in [0.1, 0.15) is 4.90 Å². The molecule has 2 N–H and O–H groups in total. The number of aliphatic carboxylic acids is 1. The van der Waals surface area contributed by atoms with E-state index in [1.807, 2.05) is 19.1 Å². The predicted octanol–water partition coefficient (Wildman–Crippen LogP) is 0.602. The van der Waals surface area contributed by atoms with Crippen molar-refractivity contribution in [2.45, 2.75) is 31.2 Å². The Kier molecular flexibility index (Phi) is 5.71. The molecule has 0 saturated heterocycles. The van der Waals surface area contributed by atoms with E-state index in [2.05, 4.69) is 9.82 Å². The van der Waals surface area contributed by atoms with E-state index in [-0.39, 0.29) is 17.9 Å². The number of nitrogens with zero attached hydrogens (tertiary/aromatic N) is 2. The largest absolute Gasteiger partial charge is 0.481 e. The minimum atomic E-state index is -3.57. The van der Waals surface area contributed by atoms with Crippen LogP contribution in [0.25, 0.3) is 0 Å². The molecule has 19 heavy (non-hydrogen) atoms. The van der Waals surface area contributed by atoms with Gasteiger partial charge in [-0.25, -0.2) is 13.1 Å². The molecule has 0 unspecified atom stereocenters. The van der Waals surface area contributed by atoms with Crippen LogP contribution in [-0.4, -0.2) is 35.8 Å². The summed E-state index contributed by atoms with van der Waals surface area (Å²) in [6.07, 6.45) is 6.75. The van der Waals surface area contributed by atoms with Gasteiger partial charge < -0.3 is 5.11 Å². The van der Waals surface area contributed by atoms with Crippen molar-refractivity contribution in [1.29, 1.82) is 0 Å². The number of nitrogens with one attached hydrogen (secondary N) is 1. The minimum Gasteiger partial charge on any atom is -0.481 e. The molecule has 0 aliphatic rings. The third-order valence-electron chi connectivity index (χ3n) is 2.31. The van der Waals surface area contributed by atoms with Crippen LogP contribution in [0.5, 0.6) is 0 Å². The summed E-state index contributed by atoms with van der Waals surface area (Å²) in [5.74, 6) is -0.954. The van der Waals surface area contributed by atoms with E-state index >= 15 is 0 Å². The summed E-state index contributed by atoms with van der Waals surface area (Å²) < 4.78 is 27.4. The summed E-state index contributed by atoms with van der Waals surface area (Å²) in [4.78, 5) is 10.4. The molecule has 0 amide bonds. The van der Waals surface area contributed by atoms with E-state index in [4.69, 9.17) is 5.11 Å². The topological polar surface area (TPSA) is 101 Å². The smallest absolute Gasteiger partial charge is 0.305 e. The van der Waals surface area contributed by atoms with Gasteiger partial charge in [-0.15, -0.1) is 0 Å². The second-order valence-electron chi connectivity index (χ2n) is 3.84. The molecule has 1 heterocycles. The number of hydrogen-bond acceptors (Lipinski definition) is 4. The molecule has 1 rings (SSSR count). The van der Waals surface area contributed by atoms with Crippen LogP contribution in [-0.2, 0) is 21.4 Å². The van der Waals surface area contributed by atoms with Crippen LogP contribution in [0.3, 0.4) is 0 Å². The maximum atomic E-state index is 11.8. The maximum Gasteiger partial charge on any atom is 0.305 e. The highest BCUT2D eigenvalue weighted by molar-refractivity contribution is 7.89. The highest BCUT2D eigenvalue weighted by Gasteiger charge is 2.15. The first-order valence-corrected chi connectivity index (χ1v) is 7.29. The molecule has 0 fully saturated rings. The maximum absolute atomic E-state index is 11.8. The van der Waals surface area contributed by atoms with Crippen molar-refractivity contribution in [3.05, 3.63) is 24.5 Å². The van der Waals surface area contributed by atoms with Crippen molar-refractivity contribution in [1.82, 2.24) is 14.5 Å². The highest BCUT2D eigenvalue weighted by Crippen LogP contribution is 2.07. The first kappa shape index (κ1) is 15.4. The first-order valence-electron chi connectivity index (χ1n) is 5.81. The Hall–Kier alpha value is -1.67. The summed E-state index contributed by atoms with van der Waals surface area (Å²) >= 11 is 0. The Morgan fingerprint density at radius 2 is 2.32 bits per heavy atom. The van der Waals surface area contributed by atoms with Gasteiger partial charge in [-0.2, -0.15) is 5.10 Å². The second kappa shape index (κ2) is 7.05. The number of carboxylic acids is 1. The van der Waals surface area contributed by atoms with Gasteiger partial charge in [0.05, 0.1) is 19.2 Å². The third-order valence-corrected chi connectivity index (χ3v) is 3.73. The fourth-order valence-corrected chi connectivity index (χ4v) is 2.34. The number of aromatic nitrogens is 2. The highest BCUT2D eigenvalue weighted by atomic mass is 32.2. The fraction of sp³-hybridized carbons (Fsp3) is 0.455. The summed E-state index contributed by atoms with van der Waals surface area (Å²) in [6.45, 7) is 2.32. The number of hydrogen-bond donors (Lipinski definition) is 2. The van der Waals surface area contributed by atoms with Crippen molar-refractivity contribution >= 4 is 16.0 Å². The summed E-state index contributed by atoms with van der Waals surface area (Å²) in [6, 6.07) is 0. The Balaban J connectivity index is 2.60. The van der Waals surface area contributed by atoms with Crippen LogP contribution < -0.4 is 4.72 Å². The average Bonchev–Trinajstić information content (AvgIpc) is 2.82. The van der Waals surface area contributed by atoms with Crippen LogP contribution in [0.2, 0.25) is 0 Å². The SMILES string of the molecule is C/C=C/CCNS(=O)(=O)c1cnn(CCC(=O)O)c1. The monoisotopic (exact) mass is 287 g/mol. The quantitative estimate of drug-likeness (QED) is 0.538. The van der Waals surface area contributed by atoms with Gasteiger partial charge in [-0.05, 0) is 13.3 Å². The molecule has 0 aromatic carbocycles. The Labute approximate surface area is 112 Å². The Morgan fingerprint density at radius 1 is 1.58 bits per heavy atom. The Bertz CT molecular complexity index is 548.